The molecule has 0 spiro atoms. The molecule has 0 bridgehead atoms. The Kier molecular flexibility index (Phi) is 45.8. The summed E-state index contributed by atoms with van der Waals surface area (Å²) in [7, 11) is 1.16. The van der Waals surface area contributed by atoms with Crippen LogP contribution in [0, 0.1) is 0 Å². The SMILES string of the molecule is CC.CCCCC.CCCPC. The second kappa shape index (κ2) is 30.1. The van der Waals surface area contributed by atoms with Crippen LogP contribution in [0.2, 0.25) is 0 Å². The van der Waals surface area contributed by atoms with Crippen molar-refractivity contribution in [2.45, 2.75) is 60.3 Å². The van der Waals surface area contributed by atoms with Crippen molar-refractivity contribution in [3.63, 3.8) is 0 Å². The second-order valence-electron chi connectivity index (χ2n) is 2.46. The van der Waals surface area contributed by atoms with Crippen LogP contribution >= 0.6 is 8.58 Å². The molecule has 0 radical (unpaired) electrons. The van der Waals surface area contributed by atoms with Crippen LogP contribution in [0.4, 0.5) is 0 Å². The minimum Gasteiger partial charge on any atom is -0.125 e. The number of unbranched alkanes of at least 4 members (excludes halogenated alkanes) is 2. The molecule has 0 aliphatic heterocycles. The molecule has 0 aromatic heterocycles. The summed E-state index contributed by atoms with van der Waals surface area (Å²) in [4.78, 5) is 0. The first-order valence-electron chi connectivity index (χ1n) is 5.47. The molecule has 1 heteroatoms. The molecule has 0 amide bonds. The lowest BCUT2D eigenvalue weighted by Gasteiger charge is -1.80. The van der Waals surface area contributed by atoms with Crippen LogP contribution in [-0.4, -0.2) is 12.8 Å². The first kappa shape index (κ1) is 18.3. The van der Waals surface area contributed by atoms with Gasteiger partial charge in [0.1, 0.15) is 0 Å². The van der Waals surface area contributed by atoms with Crippen molar-refractivity contribution in [2.24, 2.45) is 0 Å². The third kappa shape index (κ3) is 47.3. The monoisotopic (exact) mass is 192 g/mol. The first-order valence-corrected chi connectivity index (χ1v) is 7.18. The van der Waals surface area contributed by atoms with E-state index in [0.29, 0.717) is 0 Å². The molecule has 1 unspecified atom stereocenters. The van der Waals surface area contributed by atoms with Crippen molar-refractivity contribution < 1.29 is 0 Å². The van der Waals surface area contributed by atoms with Gasteiger partial charge in [-0.15, -0.1) is 8.58 Å². The van der Waals surface area contributed by atoms with Crippen molar-refractivity contribution in [3.05, 3.63) is 0 Å². The maximum absolute atomic E-state index is 2.24. The highest BCUT2D eigenvalue weighted by molar-refractivity contribution is 7.36. The van der Waals surface area contributed by atoms with Gasteiger partial charge in [0.25, 0.3) is 0 Å². The molecule has 0 fully saturated rings. The van der Waals surface area contributed by atoms with Gasteiger partial charge in [-0.1, -0.05) is 60.3 Å². The fourth-order valence-corrected chi connectivity index (χ4v) is 1.10. The van der Waals surface area contributed by atoms with Gasteiger partial charge >= 0.3 is 0 Å². The third-order valence-corrected chi connectivity index (χ3v) is 2.21. The molecule has 0 rings (SSSR count). The summed E-state index contributed by atoms with van der Waals surface area (Å²) in [6.45, 7) is 12.9. The molecular weight excluding hydrogens is 163 g/mol. The van der Waals surface area contributed by atoms with Gasteiger partial charge < -0.3 is 0 Å². The zero-order valence-electron chi connectivity index (χ0n) is 10.0. The molecular formula is C11H29P. The number of hydrogen-bond donors (Lipinski definition) is 0. The van der Waals surface area contributed by atoms with Gasteiger partial charge in [-0.25, -0.2) is 0 Å². The van der Waals surface area contributed by atoms with Crippen LogP contribution in [0.5, 0.6) is 0 Å². The average molecular weight is 192 g/mol. The maximum Gasteiger partial charge on any atom is -0.0359 e. The molecule has 78 valence electrons. The third-order valence-electron chi connectivity index (χ3n) is 1.21. The summed E-state index contributed by atoms with van der Waals surface area (Å²) in [5, 5.41) is 0. The number of rotatable bonds is 4. The van der Waals surface area contributed by atoms with E-state index in [4.69, 9.17) is 0 Å². The summed E-state index contributed by atoms with van der Waals surface area (Å²) in [5.41, 5.74) is 0. The largest absolute Gasteiger partial charge is 0.125 e. The molecule has 0 heterocycles. The Bertz CT molecular complexity index is 26.0. The van der Waals surface area contributed by atoms with Gasteiger partial charge in [-0.05, 0) is 12.8 Å². The van der Waals surface area contributed by atoms with Crippen LogP contribution in [0.3, 0.4) is 0 Å². The van der Waals surface area contributed by atoms with Crippen LogP contribution in [0.15, 0.2) is 0 Å². The highest BCUT2D eigenvalue weighted by atomic mass is 31.1. The molecule has 0 aliphatic carbocycles. The fourth-order valence-electron chi connectivity index (χ4n) is 0.604. The fraction of sp³-hybridized carbons (Fsp3) is 1.00. The standard InChI is InChI=1S/C5H12.C4H11P.C2H6/c1-3-5-4-2;1-3-4-5-2;1-2/h3-5H2,1-2H3;5H,3-4H2,1-2H3;1-2H3. The molecule has 0 aliphatic rings. The Morgan fingerprint density at radius 2 is 1.25 bits per heavy atom. The van der Waals surface area contributed by atoms with E-state index in [-0.39, 0.29) is 0 Å². The van der Waals surface area contributed by atoms with Gasteiger partial charge in [0.15, 0.2) is 0 Å². The highest BCUT2D eigenvalue weighted by Crippen LogP contribution is 2.01. The van der Waals surface area contributed by atoms with Gasteiger partial charge in [0.05, 0.1) is 0 Å². The van der Waals surface area contributed by atoms with E-state index in [2.05, 4.69) is 27.4 Å². The van der Waals surface area contributed by atoms with E-state index in [1.807, 2.05) is 13.8 Å². The van der Waals surface area contributed by atoms with Crippen molar-refractivity contribution >= 4 is 8.58 Å². The Morgan fingerprint density at radius 3 is 1.25 bits per heavy atom. The molecule has 1 atom stereocenters. The maximum atomic E-state index is 2.24. The summed E-state index contributed by atoms with van der Waals surface area (Å²) < 4.78 is 0. The van der Waals surface area contributed by atoms with Crippen molar-refractivity contribution in [1.82, 2.24) is 0 Å². The Labute approximate surface area is 82.3 Å². The molecule has 0 saturated carbocycles. The zero-order chi connectivity index (χ0) is 10.2. The second-order valence-corrected chi connectivity index (χ2v) is 3.66. The Balaban J connectivity index is -0.000000112. The van der Waals surface area contributed by atoms with Crippen LogP contribution in [0.1, 0.15) is 60.3 Å². The Morgan fingerprint density at radius 1 is 0.833 bits per heavy atom. The van der Waals surface area contributed by atoms with E-state index in [1.54, 1.807) is 0 Å². The normalized spacial score (nSPS) is 8.50. The number of hydrogen-bond acceptors (Lipinski definition) is 0. The van der Waals surface area contributed by atoms with Crippen molar-refractivity contribution in [2.75, 3.05) is 12.8 Å². The van der Waals surface area contributed by atoms with Crippen LogP contribution in [-0.2, 0) is 0 Å². The Hall–Kier alpha value is 0.430. The lowest BCUT2D eigenvalue weighted by atomic mass is 10.3. The van der Waals surface area contributed by atoms with E-state index < -0.39 is 0 Å². The molecule has 0 nitrogen and oxygen atoms in total. The summed E-state index contributed by atoms with van der Waals surface area (Å²) >= 11 is 0. The van der Waals surface area contributed by atoms with Gasteiger partial charge in [-0.2, -0.15) is 0 Å². The lowest BCUT2D eigenvalue weighted by molar-refractivity contribution is 0.772. The average Bonchev–Trinajstić information content (AvgIpc) is 2.12. The smallest absolute Gasteiger partial charge is 0.0359 e. The first-order chi connectivity index (χ1) is 5.83. The minimum atomic E-state index is 1.16. The predicted octanol–water partition coefficient (Wildman–Crippen LogP) is 4.93. The molecule has 0 saturated heterocycles. The summed E-state index contributed by atoms with van der Waals surface area (Å²) in [5.74, 6) is 0. The van der Waals surface area contributed by atoms with E-state index >= 15 is 0 Å². The highest BCUT2D eigenvalue weighted by Gasteiger charge is 1.68. The molecule has 12 heavy (non-hydrogen) atoms. The van der Waals surface area contributed by atoms with E-state index in [0.717, 1.165) is 8.58 Å². The molecule has 0 aromatic rings. The summed E-state index contributed by atoms with van der Waals surface area (Å²) in [6, 6.07) is 0. The van der Waals surface area contributed by atoms with Gasteiger partial charge in [0.2, 0.25) is 0 Å². The van der Waals surface area contributed by atoms with E-state index in [9.17, 15) is 0 Å². The predicted molar refractivity (Wildman–Crippen MR) is 65.9 cm³/mol. The summed E-state index contributed by atoms with van der Waals surface area (Å²) in [6.07, 6.45) is 6.85. The van der Waals surface area contributed by atoms with Gasteiger partial charge in [-0.3, -0.25) is 0 Å². The minimum absolute atomic E-state index is 1.16. The van der Waals surface area contributed by atoms with Crippen molar-refractivity contribution in [1.29, 1.82) is 0 Å². The van der Waals surface area contributed by atoms with E-state index in [1.165, 1.54) is 31.8 Å². The van der Waals surface area contributed by atoms with Crippen LogP contribution in [0.25, 0.3) is 0 Å². The van der Waals surface area contributed by atoms with Gasteiger partial charge in [0, 0.05) is 0 Å². The zero-order valence-corrected chi connectivity index (χ0v) is 11.0. The molecule has 0 N–H and O–H groups in total. The molecule has 0 aromatic carbocycles. The topological polar surface area (TPSA) is 0 Å². The van der Waals surface area contributed by atoms with Crippen LogP contribution < -0.4 is 0 Å². The quantitative estimate of drug-likeness (QED) is 0.554. The lowest BCUT2D eigenvalue weighted by Crippen LogP contribution is -1.61. The van der Waals surface area contributed by atoms with Crippen molar-refractivity contribution in [3.8, 4) is 0 Å².